The van der Waals surface area contributed by atoms with E-state index in [1.807, 2.05) is 47.9 Å². The molecule has 564 valence electrons. The van der Waals surface area contributed by atoms with Gasteiger partial charge in [0, 0.05) is 79.4 Å². The van der Waals surface area contributed by atoms with E-state index in [-0.39, 0.29) is 20.1 Å². The van der Waals surface area contributed by atoms with Crippen LogP contribution in [0.25, 0.3) is 71.2 Å². The molecular weight excluding hydrogens is 1600 g/mol. The van der Waals surface area contributed by atoms with E-state index in [0.717, 1.165) is 68.0 Å². The van der Waals surface area contributed by atoms with Gasteiger partial charge >= 0.3 is 20.1 Å². The number of aryl methyl sites for hydroxylation is 6. The molecule has 23 rings (SSSR count). The average Bonchev–Trinajstić information content (AvgIpc) is 1.57. The van der Waals surface area contributed by atoms with E-state index in [0.29, 0.717) is 11.8 Å². The summed E-state index contributed by atoms with van der Waals surface area (Å²) in [5.74, 6) is 1.86. The molecule has 7 heterocycles. The van der Waals surface area contributed by atoms with Gasteiger partial charge in [-0.05, 0) is 155 Å². The van der Waals surface area contributed by atoms with E-state index in [1.165, 1.54) is 121 Å². The van der Waals surface area contributed by atoms with Crippen molar-refractivity contribution in [2.75, 3.05) is 9.80 Å². The fourth-order valence-corrected chi connectivity index (χ4v) is 20.2. The second-order valence-corrected chi connectivity index (χ2v) is 44.4. The Hall–Kier alpha value is -10.4. The number of benzene rings is 11. The van der Waals surface area contributed by atoms with Gasteiger partial charge in [-0.2, -0.15) is 39.5 Å². The molecule has 0 fully saturated rings. The molecule has 0 radical (unpaired) electrons. The normalized spacial score (nSPS) is 13.4. The van der Waals surface area contributed by atoms with Crippen molar-refractivity contribution in [3.8, 4) is 39.5 Å². The van der Waals surface area contributed by atoms with Crippen LogP contribution in [0.1, 0.15) is 117 Å². The Bertz CT molecular complexity index is 5790. The molecule has 6 nitrogen and oxygen atoms in total. The molecule has 0 saturated heterocycles. The molecule has 0 spiro atoms. The molecule has 4 bridgehead atoms. The molecule has 8 aliphatic rings. The van der Waals surface area contributed by atoms with Crippen molar-refractivity contribution >= 4 is 80.9 Å². The molecule has 10 heteroatoms. The Morgan fingerprint density at radius 2 is 1.05 bits per heavy atom. The Morgan fingerprint density at radius 3 is 1.71 bits per heavy atom. The number of imidazole rings is 1. The zero-order chi connectivity index (χ0) is 77.4. The number of pyridine rings is 2. The van der Waals surface area contributed by atoms with E-state index in [9.17, 15) is 0 Å². The van der Waals surface area contributed by atoms with Crippen LogP contribution in [-0.4, -0.2) is 25.7 Å². The van der Waals surface area contributed by atoms with Gasteiger partial charge < -0.3 is 14.4 Å². The van der Waals surface area contributed by atoms with Crippen molar-refractivity contribution in [2.24, 2.45) is 0 Å². The zero-order valence-electron chi connectivity index (χ0n) is 67.3. The summed E-state index contributed by atoms with van der Waals surface area (Å²) in [7, 11) is -2.47. The van der Waals surface area contributed by atoms with Crippen LogP contribution in [0.5, 0.6) is 0 Å². The maximum Gasteiger partial charge on any atom is 3.00 e. The minimum atomic E-state index is -1.24. The monoisotopic (exact) mass is 1700 g/mol. The Balaban J connectivity index is 0.000000113. The summed E-state index contributed by atoms with van der Waals surface area (Å²) >= 11 is 1.90. The number of aromatic nitrogens is 4. The number of hydrogen-bond donors (Lipinski definition) is 0. The third-order valence-electron chi connectivity index (χ3n) is 22.9. The molecule has 113 heavy (non-hydrogen) atoms. The fourth-order valence-electron chi connectivity index (χ4n) is 16.8. The van der Waals surface area contributed by atoms with Gasteiger partial charge in [0.05, 0.1) is 32.9 Å². The van der Waals surface area contributed by atoms with E-state index in [2.05, 4.69) is 383 Å². The summed E-state index contributed by atoms with van der Waals surface area (Å²) in [5, 5.41) is 4.58. The first-order chi connectivity index (χ1) is 54.3. The van der Waals surface area contributed by atoms with Crippen LogP contribution in [0.2, 0.25) is 39.3 Å². The van der Waals surface area contributed by atoms with Crippen LogP contribution < -0.4 is 29.3 Å². The van der Waals surface area contributed by atoms with Crippen LogP contribution in [0.15, 0.2) is 292 Å². The first-order valence-electron chi connectivity index (χ1n) is 40.1. The number of hydrogen-bond acceptors (Lipinski definition) is 4. The molecule has 11 aromatic carbocycles. The molecule has 0 saturated carbocycles. The van der Waals surface area contributed by atoms with Crippen molar-refractivity contribution in [2.45, 2.75) is 138 Å². The number of nitrogens with zero attached hydrogens (tertiary/aromatic N) is 6. The van der Waals surface area contributed by atoms with Crippen molar-refractivity contribution in [1.29, 1.82) is 0 Å². The number of anilines is 2. The second kappa shape index (κ2) is 33.3. The SMILES string of the molecule is CC(C)c1cccc(C(C)C)c1-n1ccnc1-c1[c-]cccc1.C[Si](C)(C)c1ccc2c(c1)-c1ccc([Si](C)(C)C)c[n+]1C2.Cc1ccccc1C1=C(c2ccccc2C)N(c2ccccc2)[CH-]N1c1[c-]cccc1.[Ir+3].c1cc2c3c(c1)sc1ccc[n+](c13)C2.c1ccc2c(c1)Cc1c3ccc(c1-2)CCc1ccc(cc1)CC3. The molecule has 0 atom stereocenters. The van der Waals surface area contributed by atoms with Gasteiger partial charge in [0.25, 0.3) is 0 Å². The summed E-state index contributed by atoms with van der Waals surface area (Å²) in [6, 6.07) is 103. The molecule has 15 aromatic rings. The largest absolute Gasteiger partial charge is 3.00 e. The maximum absolute atomic E-state index is 4.60. The van der Waals surface area contributed by atoms with Gasteiger partial charge in [0.2, 0.25) is 11.2 Å². The van der Waals surface area contributed by atoms with Crippen LogP contribution in [0.3, 0.4) is 0 Å². The summed E-state index contributed by atoms with van der Waals surface area (Å²) < 4.78 is 9.86. The van der Waals surface area contributed by atoms with Gasteiger partial charge in [-0.25, -0.2) is 0 Å². The summed E-state index contributed by atoms with van der Waals surface area (Å²) in [5.41, 5.74) is 33.8. The Morgan fingerprint density at radius 1 is 0.478 bits per heavy atom. The quantitative estimate of drug-likeness (QED) is 0.0777. The third kappa shape index (κ3) is 16.2. The van der Waals surface area contributed by atoms with Gasteiger partial charge in [-0.15, -0.1) is 59.6 Å². The zero-order valence-corrected chi connectivity index (χ0v) is 72.5. The van der Waals surface area contributed by atoms with Crippen LogP contribution in [0.4, 0.5) is 11.4 Å². The van der Waals surface area contributed by atoms with Crippen LogP contribution in [-0.2, 0) is 65.3 Å². The van der Waals surface area contributed by atoms with Gasteiger partial charge in [0.1, 0.15) is 4.70 Å². The number of thiophene rings is 1. The standard InChI is InChI=1S/C29H24N2.C23H20.C21H23N2.C18H26NSi2.C12H8NS.Ir/c1-22-13-9-11-19-26(22)28-29(27-20-12-10-14-23(27)2)31(25-17-7-4-8-18-25)21-30(28)24-15-5-3-6-16-24;1-2-4-21-20(3-1)15-22-18-11-9-16-5-7-17(8-6-16)10-12-19(14-13-18)23(21)22;1-15(2)18-11-8-12-19(16(3)4)20(18)23-14-13-22-21(23)17-9-6-5-7-10-17;1-20(2,3)15-8-7-14-12-19-13-16(21(4,5)6)9-10-18(19)17(14)11-15;1-3-8-7-13-6-2-5-10-12(13)11(8)9(4-1)14-10;/h3-17,19-21H,1-2H3;1-8,13-14H,9-12,15H2;5-9,11-16H,1-4H3;7-11,13H,12H2,1-6H3;1-6H,7H2;/q-2;;-1;2*+1;+3. The third-order valence-corrected chi connectivity index (χ3v) is 28.0. The molecular formula is C103H101IrN6SSi2+2. The number of rotatable bonds is 10. The Labute approximate surface area is 689 Å². The van der Waals surface area contributed by atoms with Gasteiger partial charge in [0.15, 0.2) is 25.5 Å². The Kier molecular flexibility index (Phi) is 23.0. The summed E-state index contributed by atoms with van der Waals surface area (Å²) in [4.78, 5) is 9.15. The van der Waals surface area contributed by atoms with E-state index >= 15 is 0 Å². The van der Waals surface area contributed by atoms with E-state index < -0.39 is 16.1 Å². The number of para-hydroxylation sites is 3. The predicted octanol–water partition coefficient (Wildman–Crippen LogP) is 23.6. The first kappa shape index (κ1) is 77.9. The summed E-state index contributed by atoms with van der Waals surface area (Å²) in [6.45, 7) is 32.1. The van der Waals surface area contributed by atoms with E-state index in [1.54, 1.807) is 27.1 Å². The van der Waals surface area contributed by atoms with E-state index in [4.69, 9.17) is 0 Å². The molecule has 3 aliphatic heterocycles. The number of fused-ring (bicyclic) bond motifs is 4. The minimum absolute atomic E-state index is 0. The maximum atomic E-state index is 4.60. The minimum Gasteiger partial charge on any atom is -0.493 e. The van der Waals surface area contributed by atoms with Crippen molar-refractivity contribution < 1.29 is 29.2 Å². The van der Waals surface area contributed by atoms with Crippen LogP contribution >= 0.6 is 11.3 Å². The smallest absolute Gasteiger partial charge is 0.493 e. The van der Waals surface area contributed by atoms with Gasteiger partial charge in [-0.1, -0.05) is 248 Å². The molecule has 0 N–H and O–H groups in total. The molecule has 4 aromatic heterocycles. The molecule has 0 amide bonds. The van der Waals surface area contributed by atoms with Gasteiger partial charge in [-0.3, -0.25) is 4.98 Å². The van der Waals surface area contributed by atoms with Crippen molar-refractivity contribution in [3.63, 3.8) is 0 Å². The van der Waals surface area contributed by atoms with Crippen molar-refractivity contribution in [1.82, 2.24) is 9.55 Å². The summed E-state index contributed by atoms with van der Waals surface area (Å²) in [6.07, 6.45) is 14.2. The average molecular weight is 1700 g/mol. The topological polar surface area (TPSA) is 32.1 Å². The van der Waals surface area contributed by atoms with Crippen LogP contribution in [0, 0.1) is 32.6 Å². The predicted molar refractivity (Wildman–Crippen MR) is 478 cm³/mol. The fraction of sp³-hybridized carbons (Fsp3) is 0.204. The molecule has 5 aliphatic carbocycles. The first-order valence-corrected chi connectivity index (χ1v) is 47.9. The van der Waals surface area contributed by atoms with Crippen molar-refractivity contribution in [3.05, 3.63) is 388 Å². The molecule has 0 unspecified atom stereocenters. The second-order valence-electron chi connectivity index (χ2n) is 33.2.